The van der Waals surface area contributed by atoms with Crippen molar-refractivity contribution in [1.82, 2.24) is 29.9 Å². The lowest BCUT2D eigenvalue weighted by molar-refractivity contribution is 0.0714. The van der Waals surface area contributed by atoms with Crippen LogP contribution in [0.4, 0.5) is 10.3 Å². The molecule has 1 amide bonds. The molecular weight excluding hydrogens is 349 g/mol. The fraction of sp³-hybridized carbons (Fsp3) is 0.278. The van der Waals surface area contributed by atoms with Gasteiger partial charge in [-0.2, -0.15) is 15.0 Å². The van der Waals surface area contributed by atoms with Crippen molar-refractivity contribution in [1.29, 1.82) is 0 Å². The van der Waals surface area contributed by atoms with Crippen molar-refractivity contribution >= 4 is 11.9 Å². The first-order valence-electron chi connectivity index (χ1n) is 8.70. The summed E-state index contributed by atoms with van der Waals surface area (Å²) < 4.78 is 13.0. The van der Waals surface area contributed by atoms with E-state index in [1.54, 1.807) is 23.4 Å². The Hall–Kier alpha value is -3.36. The summed E-state index contributed by atoms with van der Waals surface area (Å²) >= 11 is 0. The Kier molecular flexibility index (Phi) is 4.73. The van der Waals surface area contributed by atoms with Crippen LogP contribution in [0.2, 0.25) is 0 Å². The molecule has 1 atom stereocenters. The van der Waals surface area contributed by atoms with Gasteiger partial charge in [0.25, 0.3) is 5.91 Å². The molecule has 0 spiro atoms. The van der Waals surface area contributed by atoms with E-state index in [9.17, 15) is 9.18 Å². The average Bonchev–Trinajstić information content (AvgIpc) is 3.24. The summed E-state index contributed by atoms with van der Waals surface area (Å²) in [5.74, 6) is -0.198. The summed E-state index contributed by atoms with van der Waals surface area (Å²) in [4.78, 5) is 24.2. The first-order chi connectivity index (χ1) is 13.2. The van der Waals surface area contributed by atoms with Gasteiger partial charge in [0, 0.05) is 19.1 Å². The maximum absolute atomic E-state index is 13.1. The van der Waals surface area contributed by atoms with Gasteiger partial charge < -0.3 is 10.2 Å². The Balaban J connectivity index is 1.50. The average molecular weight is 367 g/mol. The number of hydrogen-bond acceptors (Lipinski definition) is 6. The van der Waals surface area contributed by atoms with Gasteiger partial charge >= 0.3 is 0 Å². The summed E-state index contributed by atoms with van der Waals surface area (Å²) in [6.45, 7) is 1.18. The Labute approximate surface area is 155 Å². The third kappa shape index (κ3) is 3.76. The Bertz CT molecular complexity index is 914. The first-order valence-corrected chi connectivity index (χ1v) is 8.70. The molecule has 138 valence electrons. The van der Waals surface area contributed by atoms with Crippen LogP contribution in [0, 0.1) is 5.82 Å². The molecule has 3 aromatic rings. The quantitative estimate of drug-likeness (QED) is 0.758. The minimum atomic E-state index is -0.482. The molecule has 0 saturated carbocycles. The van der Waals surface area contributed by atoms with Crippen LogP contribution in [0.25, 0.3) is 5.69 Å². The van der Waals surface area contributed by atoms with E-state index in [1.807, 2.05) is 18.2 Å². The predicted octanol–water partition coefficient (Wildman–Crippen LogP) is 1.91. The van der Waals surface area contributed by atoms with Gasteiger partial charge in [-0.25, -0.2) is 14.4 Å². The lowest BCUT2D eigenvalue weighted by Gasteiger charge is -2.33. The zero-order valence-electron chi connectivity index (χ0n) is 14.5. The Morgan fingerprint density at radius 3 is 2.67 bits per heavy atom. The second-order valence-corrected chi connectivity index (χ2v) is 6.30. The number of hydrogen-bond donors (Lipinski definition) is 1. The van der Waals surface area contributed by atoms with Crippen LogP contribution in [-0.4, -0.2) is 54.9 Å². The van der Waals surface area contributed by atoms with Gasteiger partial charge in [-0.05, 0) is 25.0 Å². The molecule has 0 aliphatic carbocycles. The molecule has 1 aromatic carbocycles. The predicted molar refractivity (Wildman–Crippen MR) is 95.9 cm³/mol. The van der Waals surface area contributed by atoms with Crippen LogP contribution >= 0.6 is 0 Å². The molecule has 1 unspecified atom stereocenters. The molecule has 9 heteroatoms. The maximum atomic E-state index is 13.1. The number of halogens is 1. The number of para-hydroxylation sites is 1. The zero-order chi connectivity index (χ0) is 18.6. The fourth-order valence-electron chi connectivity index (χ4n) is 3.19. The number of rotatable bonds is 4. The fourth-order valence-corrected chi connectivity index (χ4v) is 3.19. The van der Waals surface area contributed by atoms with E-state index in [-0.39, 0.29) is 11.9 Å². The summed E-state index contributed by atoms with van der Waals surface area (Å²) in [5.41, 5.74) is 1.19. The molecule has 1 aliphatic rings. The summed E-state index contributed by atoms with van der Waals surface area (Å²) in [7, 11) is 0. The third-order valence-corrected chi connectivity index (χ3v) is 4.43. The highest BCUT2D eigenvalue weighted by Crippen LogP contribution is 2.19. The second kappa shape index (κ2) is 7.48. The Morgan fingerprint density at radius 1 is 1.15 bits per heavy atom. The number of carbonyl (C=O) groups is 1. The van der Waals surface area contributed by atoms with E-state index in [0.29, 0.717) is 30.3 Å². The van der Waals surface area contributed by atoms with Crippen LogP contribution in [0.5, 0.6) is 0 Å². The van der Waals surface area contributed by atoms with E-state index < -0.39 is 5.82 Å². The largest absolute Gasteiger partial charge is 0.350 e. The van der Waals surface area contributed by atoms with Crippen molar-refractivity contribution in [3.05, 3.63) is 60.4 Å². The highest BCUT2D eigenvalue weighted by Gasteiger charge is 2.26. The van der Waals surface area contributed by atoms with Gasteiger partial charge in [0.15, 0.2) is 5.82 Å². The lowest BCUT2D eigenvalue weighted by atomic mass is 10.0. The minimum Gasteiger partial charge on any atom is -0.350 e. The molecule has 0 radical (unpaired) electrons. The molecule has 27 heavy (non-hydrogen) atoms. The third-order valence-electron chi connectivity index (χ3n) is 4.43. The molecule has 1 aliphatic heterocycles. The van der Waals surface area contributed by atoms with E-state index in [0.717, 1.165) is 25.2 Å². The lowest BCUT2D eigenvalue weighted by Crippen LogP contribution is -2.45. The van der Waals surface area contributed by atoms with Gasteiger partial charge in [0.1, 0.15) is 0 Å². The molecular formula is C18H18FN7O. The van der Waals surface area contributed by atoms with E-state index in [2.05, 4.69) is 25.5 Å². The molecule has 3 heterocycles. The van der Waals surface area contributed by atoms with Gasteiger partial charge in [0.2, 0.25) is 5.95 Å². The molecule has 2 aromatic heterocycles. The van der Waals surface area contributed by atoms with Crippen molar-refractivity contribution in [2.24, 2.45) is 0 Å². The Morgan fingerprint density at radius 2 is 1.89 bits per heavy atom. The zero-order valence-corrected chi connectivity index (χ0v) is 14.5. The van der Waals surface area contributed by atoms with Crippen molar-refractivity contribution in [2.45, 2.75) is 18.9 Å². The number of benzene rings is 1. The van der Waals surface area contributed by atoms with Crippen molar-refractivity contribution < 1.29 is 9.18 Å². The van der Waals surface area contributed by atoms with E-state index in [4.69, 9.17) is 0 Å². The van der Waals surface area contributed by atoms with Crippen LogP contribution in [0.1, 0.15) is 23.2 Å². The number of nitrogens with one attached hydrogen (secondary N) is 1. The van der Waals surface area contributed by atoms with E-state index in [1.165, 1.54) is 4.80 Å². The van der Waals surface area contributed by atoms with Gasteiger partial charge in [-0.15, -0.1) is 0 Å². The second-order valence-electron chi connectivity index (χ2n) is 6.30. The molecule has 4 rings (SSSR count). The molecule has 1 fully saturated rings. The summed E-state index contributed by atoms with van der Waals surface area (Å²) in [5, 5.41) is 11.4. The van der Waals surface area contributed by atoms with Gasteiger partial charge in [0.05, 0.1) is 36.0 Å². The minimum absolute atomic E-state index is 0.00292. The number of likely N-dealkylation sites (tertiary alicyclic amines) is 1. The molecule has 8 nitrogen and oxygen atoms in total. The normalized spacial score (nSPS) is 16.9. The van der Waals surface area contributed by atoms with Crippen LogP contribution in [-0.2, 0) is 0 Å². The highest BCUT2D eigenvalue weighted by atomic mass is 19.1. The van der Waals surface area contributed by atoms with Crippen molar-refractivity contribution in [3.63, 3.8) is 0 Å². The number of aromatic nitrogens is 5. The van der Waals surface area contributed by atoms with E-state index >= 15 is 0 Å². The number of anilines is 1. The van der Waals surface area contributed by atoms with Crippen LogP contribution < -0.4 is 5.32 Å². The van der Waals surface area contributed by atoms with Crippen LogP contribution in [0.3, 0.4) is 0 Å². The van der Waals surface area contributed by atoms with Crippen molar-refractivity contribution in [3.8, 4) is 5.69 Å². The van der Waals surface area contributed by atoms with Gasteiger partial charge in [-0.1, -0.05) is 12.1 Å². The highest BCUT2D eigenvalue weighted by molar-refractivity contribution is 5.97. The van der Waals surface area contributed by atoms with Gasteiger partial charge in [-0.3, -0.25) is 4.79 Å². The first kappa shape index (κ1) is 17.1. The molecule has 1 saturated heterocycles. The monoisotopic (exact) mass is 367 g/mol. The topological polar surface area (TPSA) is 88.8 Å². The molecule has 0 bridgehead atoms. The number of piperidine rings is 1. The SMILES string of the molecule is O=C(c1ccccc1-n1nccn1)N1CCCC(Nc2ncc(F)cn2)C1. The molecule has 1 N–H and O–H groups in total. The number of nitrogens with zero attached hydrogens (tertiary/aromatic N) is 6. The number of carbonyl (C=O) groups excluding carboxylic acids is 1. The summed E-state index contributed by atoms with van der Waals surface area (Å²) in [6, 6.07) is 7.28. The van der Waals surface area contributed by atoms with Crippen LogP contribution in [0.15, 0.2) is 49.1 Å². The summed E-state index contributed by atoms with van der Waals surface area (Å²) in [6.07, 6.45) is 7.12. The van der Waals surface area contributed by atoms with Crippen molar-refractivity contribution in [2.75, 3.05) is 18.4 Å². The smallest absolute Gasteiger partial charge is 0.256 e. The number of amides is 1. The maximum Gasteiger partial charge on any atom is 0.256 e. The standard InChI is InChI=1S/C18H18FN7O/c19-13-10-20-18(21-11-13)24-14-4-3-9-25(12-14)17(27)15-5-1-2-6-16(15)26-22-7-8-23-26/h1-2,5-8,10-11,14H,3-4,9,12H2,(H,20,21,24).